The normalized spacial score (nSPS) is 22.7. The molecule has 2 fully saturated rings. The van der Waals surface area contributed by atoms with Gasteiger partial charge in [0.25, 0.3) is 5.91 Å². The number of hydrogen-bond acceptors (Lipinski definition) is 2. The average molecular weight is 317 g/mol. The van der Waals surface area contributed by atoms with Crippen LogP contribution in [0.3, 0.4) is 0 Å². The van der Waals surface area contributed by atoms with E-state index in [1.807, 2.05) is 22.1 Å². The van der Waals surface area contributed by atoms with E-state index in [0.717, 1.165) is 50.0 Å². The minimum Gasteiger partial charge on any atom is -0.364 e. The first-order valence-corrected chi connectivity index (χ1v) is 8.84. The van der Waals surface area contributed by atoms with Gasteiger partial charge in [0, 0.05) is 44.0 Å². The number of rotatable bonds is 3. The number of H-pyrrole nitrogens is 1. The number of piperidine rings is 2. The van der Waals surface area contributed by atoms with Gasteiger partial charge in [-0.25, -0.2) is 0 Å². The Kier molecular flexibility index (Phi) is 4.74. The molecule has 0 spiro atoms. The number of nitrogens with zero attached hydrogens (tertiary/aromatic N) is 2. The number of amides is 2. The van der Waals surface area contributed by atoms with E-state index in [9.17, 15) is 9.59 Å². The molecule has 2 saturated heterocycles. The van der Waals surface area contributed by atoms with Gasteiger partial charge in [-0.1, -0.05) is 13.8 Å². The predicted octanol–water partition coefficient (Wildman–Crippen LogP) is 2.76. The van der Waals surface area contributed by atoms with Crippen molar-refractivity contribution in [3.05, 3.63) is 23.5 Å². The average Bonchev–Trinajstić information content (AvgIpc) is 3.04. The maximum Gasteiger partial charge on any atom is 0.255 e. The monoisotopic (exact) mass is 317 g/mol. The Morgan fingerprint density at radius 2 is 2.09 bits per heavy atom. The fourth-order valence-corrected chi connectivity index (χ4v) is 3.82. The largest absolute Gasteiger partial charge is 0.364 e. The molecule has 1 N–H and O–H groups in total. The van der Waals surface area contributed by atoms with Crippen molar-refractivity contribution >= 4 is 11.8 Å². The highest BCUT2D eigenvalue weighted by molar-refractivity contribution is 5.95. The lowest BCUT2D eigenvalue weighted by molar-refractivity contribution is -0.136. The van der Waals surface area contributed by atoms with Crippen molar-refractivity contribution in [2.24, 2.45) is 0 Å². The van der Waals surface area contributed by atoms with Crippen molar-refractivity contribution in [1.82, 2.24) is 14.8 Å². The van der Waals surface area contributed by atoms with Crippen molar-refractivity contribution in [3.8, 4) is 0 Å². The molecule has 3 rings (SSSR count). The van der Waals surface area contributed by atoms with Crippen LogP contribution < -0.4 is 0 Å². The fourth-order valence-electron chi connectivity index (χ4n) is 3.82. The zero-order chi connectivity index (χ0) is 16.4. The molecule has 2 amide bonds. The maximum absolute atomic E-state index is 12.9. The van der Waals surface area contributed by atoms with Gasteiger partial charge in [0.15, 0.2) is 0 Å². The summed E-state index contributed by atoms with van der Waals surface area (Å²) in [5.41, 5.74) is 1.79. The topological polar surface area (TPSA) is 56.4 Å². The molecule has 1 aromatic heterocycles. The van der Waals surface area contributed by atoms with Crippen LogP contribution in [-0.4, -0.2) is 52.3 Å². The van der Waals surface area contributed by atoms with E-state index in [1.165, 1.54) is 0 Å². The Bertz CT molecular complexity index is 579. The summed E-state index contributed by atoms with van der Waals surface area (Å²) in [6.45, 7) is 6.50. The number of aromatic nitrogens is 1. The smallest absolute Gasteiger partial charge is 0.255 e. The van der Waals surface area contributed by atoms with Crippen LogP contribution in [0.5, 0.6) is 0 Å². The van der Waals surface area contributed by atoms with Crippen LogP contribution in [0.15, 0.2) is 12.3 Å². The first-order valence-electron chi connectivity index (χ1n) is 8.84. The Morgan fingerprint density at radius 1 is 1.26 bits per heavy atom. The summed E-state index contributed by atoms with van der Waals surface area (Å²) < 4.78 is 0. The number of nitrogens with one attached hydrogen (secondary N) is 1. The van der Waals surface area contributed by atoms with Crippen LogP contribution in [0.4, 0.5) is 0 Å². The third-order valence-electron chi connectivity index (χ3n) is 5.07. The summed E-state index contributed by atoms with van der Waals surface area (Å²) >= 11 is 0. The first kappa shape index (κ1) is 16.1. The molecule has 126 valence electrons. The molecule has 0 bridgehead atoms. The standard InChI is InChI=1S/C18H27N3O2/c1-13(2)17-15(8-9-19-17)18(23)20-10-5-6-14(12-20)21-11-4-3-7-16(21)22/h8-9,13-14,19H,3-7,10-12H2,1-2H3. The molecule has 2 aliphatic heterocycles. The summed E-state index contributed by atoms with van der Waals surface area (Å²) in [6, 6.07) is 2.08. The fraction of sp³-hybridized carbons (Fsp3) is 0.667. The summed E-state index contributed by atoms with van der Waals surface area (Å²) in [6.07, 6.45) is 6.59. The van der Waals surface area contributed by atoms with Gasteiger partial charge in [-0.3, -0.25) is 9.59 Å². The summed E-state index contributed by atoms with van der Waals surface area (Å²) in [5.74, 6) is 0.664. The van der Waals surface area contributed by atoms with Gasteiger partial charge in [-0.2, -0.15) is 0 Å². The van der Waals surface area contributed by atoms with Crippen LogP contribution in [-0.2, 0) is 4.79 Å². The van der Waals surface area contributed by atoms with E-state index in [0.29, 0.717) is 18.9 Å². The number of carbonyl (C=O) groups is 2. The molecular weight excluding hydrogens is 290 g/mol. The van der Waals surface area contributed by atoms with Crippen LogP contribution in [0, 0.1) is 0 Å². The number of carbonyl (C=O) groups excluding carboxylic acids is 2. The van der Waals surface area contributed by atoms with Gasteiger partial charge in [-0.05, 0) is 37.7 Å². The lowest BCUT2D eigenvalue weighted by Gasteiger charge is -2.41. The second kappa shape index (κ2) is 6.77. The van der Waals surface area contributed by atoms with E-state index in [-0.39, 0.29) is 17.9 Å². The Hall–Kier alpha value is -1.78. The predicted molar refractivity (Wildman–Crippen MR) is 89.4 cm³/mol. The van der Waals surface area contributed by atoms with Crippen LogP contribution >= 0.6 is 0 Å². The molecule has 1 atom stereocenters. The zero-order valence-corrected chi connectivity index (χ0v) is 14.2. The molecular formula is C18H27N3O2. The lowest BCUT2D eigenvalue weighted by atomic mass is 9.99. The zero-order valence-electron chi connectivity index (χ0n) is 14.2. The lowest BCUT2D eigenvalue weighted by Crippen LogP contribution is -2.53. The molecule has 0 radical (unpaired) electrons. The van der Waals surface area contributed by atoms with E-state index < -0.39 is 0 Å². The van der Waals surface area contributed by atoms with Crippen molar-refractivity contribution in [1.29, 1.82) is 0 Å². The second-order valence-corrected chi connectivity index (χ2v) is 7.05. The van der Waals surface area contributed by atoms with Gasteiger partial charge in [0.2, 0.25) is 5.91 Å². The molecule has 2 aliphatic rings. The molecule has 1 aromatic rings. The molecule has 0 aliphatic carbocycles. The summed E-state index contributed by atoms with van der Waals surface area (Å²) in [4.78, 5) is 32.2. The molecule has 3 heterocycles. The number of hydrogen-bond donors (Lipinski definition) is 1. The van der Waals surface area contributed by atoms with E-state index in [4.69, 9.17) is 0 Å². The Labute approximate surface area is 138 Å². The highest BCUT2D eigenvalue weighted by atomic mass is 16.2. The Morgan fingerprint density at radius 3 is 2.83 bits per heavy atom. The molecule has 5 nitrogen and oxygen atoms in total. The van der Waals surface area contributed by atoms with Crippen LogP contribution in [0.2, 0.25) is 0 Å². The SMILES string of the molecule is CC(C)c1[nH]ccc1C(=O)N1CCCC(N2CCCCC2=O)C1. The van der Waals surface area contributed by atoms with Gasteiger partial charge in [-0.15, -0.1) is 0 Å². The van der Waals surface area contributed by atoms with Gasteiger partial charge < -0.3 is 14.8 Å². The molecule has 0 aromatic carbocycles. The van der Waals surface area contributed by atoms with Crippen molar-refractivity contribution in [2.45, 2.75) is 57.9 Å². The van der Waals surface area contributed by atoms with Crippen LogP contribution in [0.1, 0.15) is 67.9 Å². The van der Waals surface area contributed by atoms with Crippen LogP contribution in [0.25, 0.3) is 0 Å². The highest BCUT2D eigenvalue weighted by Gasteiger charge is 2.32. The van der Waals surface area contributed by atoms with Crippen molar-refractivity contribution < 1.29 is 9.59 Å². The Balaban J connectivity index is 1.71. The highest BCUT2D eigenvalue weighted by Crippen LogP contribution is 2.24. The molecule has 5 heteroatoms. The maximum atomic E-state index is 12.9. The quantitative estimate of drug-likeness (QED) is 0.932. The third kappa shape index (κ3) is 3.28. The minimum absolute atomic E-state index is 0.101. The van der Waals surface area contributed by atoms with Crippen molar-refractivity contribution in [2.75, 3.05) is 19.6 Å². The first-order chi connectivity index (χ1) is 11.1. The van der Waals surface area contributed by atoms with Gasteiger partial charge in [0.05, 0.1) is 5.56 Å². The van der Waals surface area contributed by atoms with E-state index >= 15 is 0 Å². The minimum atomic E-state index is 0.101. The second-order valence-electron chi connectivity index (χ2n) is 7.05. The molecule has 23 heavy (non-hydrogen) atoms. The third-order valence-corrected chi connectivity index (χ3v) is 5.07. The molecule has 1 unspecified atom stereocenters. The number of aromatic amines is 1. The summed E-state index contributed by atoms with van der Waals surface area (Å²) in [5, 5.41) is 0. The van der Waals surface area contributed by atoms with Gasteiger partial charge >= 0.3 is 0 Å². The summed E-state index contributed by atoms with van der Waals surface area (Å²) in [7, 11) is 0. The molecule has 0 saturated carbocycles. The van der Waals surface area contributed by atoms with E-state index in [1.54, 1.807) is 0 Å². The number of likely N-dealkylation sites (tertiary alicyclic amines) is 2. The van der Waals surface area contributed by atoms with Crippen molar-refractivity contribution in [3.63, 3.8) is 0 Å². The van der Waals surface area contributed by atoms with E-state index in [2.05, 4.69) is 18.8 Å². The van der Waals surface area contributed by atoms with Gasteiger partial charge in [0.1, 0.15) is 0 Å².